The molecule has 0 aromatic carbocycles. The molecular formula is C13H17NO4S. The van der Waals surface area contributed by atoms with E-state index in [-0.39, 0.29) is 23.1 Å². The van der Waals surface area contributed by atoms with Gasteiger partial charge < -0.3 is 14.7 Å². The lowest BCUT2D eigenvalue weighted by Crippen LogP contribution is -2.35. The molecular weight excluding hydrogens is 266 g/mol. The largest absolute Gasteiger partial charge is 0.482 e. The number of amides is 1. The predicted octanol–water partition coefficient (Wildman–Crippen LogP) is 2.23. The van der Waals surface area contributed by atoms with Crippen molar-refractivity contribution < 1.29 is 19.4 Å². The maximum absolute atomic E-state index is 12.0. The third kappa shape index (κ3) is 3.70. The van der Waals surface area contributed by atoms with Crippen molar-refractivity contribution in [1.29, 1.82) is 0 Å². The number of aromatic carboxylic acids is 1. The zero-order valence-electron chi connectivity index (χ0n) is 10.6. The number of carbonyl (C=O) groups is 2. The predicted molar refractivity (Wildman–Crippen MR) is 71.8 cm³/mol. The van der Waals surface area contributed by atoms with Crippen LogP contribution in [0, 0.1) is 0 Å². The van der Waals surface area contributed by atoms with Gasteiger partial charge in [-0.05, 0) is 24.3 Å². The summed E-state index contributed by atoms with van der Waals surface area (Å²) >= 11 is 1.10. The van der Waals surface area contributed by atoms with Crippen LogP contribution in [0.1, 0.15) is 35.4 Å². The van der Waals surface area contributed by atoms with E-state index in [1.807, 2.05) is 0 Å². The highest BCUT2D eigenvalue weighted by Gasteiger charge is 2.18. The topological polar surface area (TPSA) is 66.8 Å². The summed E-state index contributed by atoms with van der Waals surface area (Å²) in [6.45, 7) is 1.46. The van der Waals surface area contributed by atoms with Crippen molar-refractivity contribution in [3.05, 3.63) is 16.3 Å². The number of carbonyl (C=O) groups excluding carboxylic acids is 1. The van der Waals surface area contributed by atoms with Gasteiger partial charge in [-0.3, -0.25) is 4.79 Å². The van der Waals surface area contributed by atoms with E-state index < -0.39 is 5.97 Å². The minimum atomic E-state index is -1.02. The van der Waals surface area contributed by atoms with Gasteiger partial charge in [0, 0.05) is 13.1 Å². The molecule has 104 valence electrons. The number of rotatable bonds is 4. The summed E-state index contributed by atoms with van der Waals surface area (Å²) < 4.78 is 5.33. The van der Waals surface area contributed by atoms with Crippen LogP contribution in [0.25, 0.3) is 0 Å². The molecule has 19 heavy (non-hydrogen) atoms. The second-order valence-corrected chi connectivity index (χ2v) is 5.42. The van der Waals surface area contributed by atoms with E-state index >= 15 is 0 Å². The molecule has 1 aromatic heterocycles. The minimum Gasteiger partial charge on any atom is -0.482 e. The van der Waals surface area contributed by atoms with Crippen molar-refractivity contribution >= 4 is 23.2 Å². The molecule has 5 nitrogen and oxygen atoms in total. The average molecular weight is 283 g/mol. The van der Waals surface area contributed by atoms with Gasteiger partial charge in [-0.25, -0.2) is 4.79 Å². The number of nitrogens with zero attached hydrogens (tertiary/aromatic N) is 1. The molecule has 0 aliphatic carbocycles. The fourth-order valence-corrected chi connectivity index (χ4v) is 2.79. The molecule has 1 amide bonds. The fraction of sp³-hybridized carbons (Fsp3) is 0.538. The van der Waals surface area contributed by atoms with Gasteiger partial charge in [0.05, 0.1) is 0 Å². The van der Waals surface area contributed by atoms with Gasteiger partial charge in [0.1, 0.15) is 5.75 Å². The molecule has 0 saturated carbocycles. The summed E-state index contributed by atoms with van der Waals surface area (Å²) in [5.41, 5.74) is 0. The lowest BCUT2D eigenvalue weighted by molar-refractivity contribution is -0.133. The maximum atomic E-state index is 12.0. The first kappa shape index (κ1) is 13.9. The van der Waals surface area contributed by atoms with Gasteiger partial charge in [-0.15, -0.1) is 11.3 Å². The Hall–Kier alpha value is -1.56. The van der Waals surface area contributed by atoms with Crippen molar-refractivity contribution in [2.45, 2.75) is 25.7 Å². The molecule has 0 unspecified atom stereocenters. The summed E-state index contributed by atoms with van der Waals surface area (Å²) in [5, 5.41) is 10.6. The third-order valence-corrected chi connectivity index (χ3v) is 4.02. The minimum absolute atomic E-state index is 0.0653. The Morgan fingerprint density at radius 2 is 1.95 bits per heavy atom. The highest BCUT2D eigenvalue weighted by molar-refractivity contribution is 7.12. The van der Waals surface area contributed by atoms with Gasteiger partial charge in [0.2, 0.25) is 0 Å². The summed E-state index contributed by atoms with van der Waals surface area (Å²) in [6, 6.07) is 1.59. The highest BCUT2D eigenvalue weighted by Crippen LogP contribution is 2.24. The van der Waals surface area contributed by atoms with Gasteiger partial charge in [-0.1, -0.05) is 12.8 Å². The molecule has 0 spiro atoms. The van der Waals surface area contributed by atoms with E-state index in [1.54, 1.807) is 16.3 Å². The summed E-state index contributed by atoms with van der Waals surface area (Å²) in [4.78, 5) is 24.8. The van der Waals surface area contributed by atoms with E-state index in [4.69, 9.17) is 9.84 Å². The molecule has 0 radical (unpaired) electrons. The first-order chi connectivity index (χ1) is 9.18. The van der Waals surface area contributed by atoms with Gasteiger partial charge in [0.15, 0.2) is 11.5 Å². The van der Waals surface area contributed by atoms with Crippen LogP contribution in [-0.4, -0.2) is 41.6 Å². The normalized spacial score (nSPS) is 15.9. The number of ether oxygens (including phenoxy) is 1. The number of carboxylic acids is 1. The standard InChI is InChI=1S/C13H17NO4S/c15-11(14-6-3-1-2-4-7-14)9-18-10-5-8-19-12(10)13(16)17/h5,8H,1-4,6-7,9H2,(H,16,17). The van der Waals surface area contributed by atoms with Crippen molar-refractivity contribution in [3.63, 3.8) is 0 Å². The van der Waals surface area contributed by atoms with Crippen LogP contribution < -0.4 is 4.74 Å². The number of thiophene rings is 1. The first-order valence-corrected chi connectivity index (χ1v) is 7.28. The molecule has 1 aliphatic heterocycles. The van der Waals surface area contributed by atoms with Crippen LogP contribution >= 0.6 is 11.3 Å². The quantitative estimate of drug-likeness (QED) is 0.920. The molecule has 0 bridgehead atoms. The van der Waals surface area contributed by atoms with Gasteiger partial charge in [-0.2, -0.15) is 0 Å². The van der Waals surface area contributed by atoms with Crippen molar-refractivity contribution in [1.82, 2.24) is 4.90 Å². The third-order valence-electron chi connectivity index (χ3n) is 3.13. The van der Waals surface area contributed by atoms with Crippen LogP contribution in [0.15, 0.2) is 11.4 Å². The smallest absolute Gasteiger partial charge is 0.349 e. The SMILES string of the molecule is O=C(O)c1sccc1OCC(=O)N1CCCCCC1. The highest BCUT2D eigenvalue weighted by atomic mass is 32.1. The molecule has 1 fully saturated rings. The average Bonchev–Trinajstić information content (AvgIpc) is 2.69. The molecule has 0 atom stereocenters. The zero-order valence-corrected chi connectivity index (χ0v) is 11.4. The fourth-order valence-electron chi connectivity index (χ4n) is 2.12. The molecule has 1 aliphatic rings. The van der Waals surface area contributed by atoms with Crippen molar-refractivity contribution in [2.75, 3.05) is 19.7 Å². The molecule has 1 aromatic rings. The van der Waals surface area contributed by atoms with Crippen LogP contribution in [-0.2, 0) is 4.79 Å². The van der Waals surface area contributed by atoms with E-state index in [1.165, 1.54) is 12.8 Å². The van der Waals surface area contributed by atoms with E-state index in [0.29, 0.717) is 0 Å². The number of hydrogen-bond donors (Lipinski definition) is 1. The van der Waals surface area contributed by atoms with Crippen LogP contribution in [0.5, 0.6) is 5.75 Å². The lowest BCUT2D eigenvalue weighted by atomic mass is 10.2. The first-order valence-electron chi connectivity index (χ1n) is 6.40. The second kappa shape index (κ2) is 6.56. The van der Waals surface area contributed by atoms with Crippen LogP contribution in [0.4, 0.5) is 0 Å². The molecule has 1 saturated heterocycles. The Balaban J connectivity index is 1.88. The lowest BCUT2D eigenvalue weighted by Gasteiger charge is -2.20. The number of hydrogen-bond acceptors (Lipinski definition) is 4. The zero-order chi connectivity index (χ0) is 13.7. The summed E-state index contributed by atoms with van der Waals surface area (Å²) in [5.74, 6) is -0.808. The number of carboxylic acid groups (broad SMARTS) is 1. The molecule has 2 heterocycles. The number of likely N-dealkylation sites (tertiary alicyclic amines) is 1. The molecule has 1 N–H and O–H groups in total. The summed E-state index contributed by atoms with van der Waals surface area (Å²) in [7, 11) is 0. The van der Waals surface area contributed by atoms with E-state index in [9.17, 15) is 9.59 Å². The van der Waals surface area contributed by atoms with Crippen LogP contribution in [0.3, 0.4) is 0 Å². The van der Waals surface area contributed by atoms with Crippen molar-refractivity contribution in [3.8, 4) is 5.75 Å². The Kier molecular flexibility index (Phi) is 4.79. The molecule has 2 rings (SSSR count). The maximum Gasteiger partial charge on any atom is 0.349 e. The Morgan fingerprint density at radius 1 is 1.26 bits per heavy atom. The van der Waals surface area contributed by atoms with Gasteiger partial charge >= 0.3 is 5.97 Å². The van der Waals surface area contributed by atoms with E-state index in [0.717, 1.165) is 37.3 Å². The van der Waals surface area contributed by atoms with Gasteiger partial charge in [0.25, 0.3) is 5.91 Å². The summed E-state index contributed by atoms with van der Waals surface area (Å²) in [6.07, 6.45) is 4.39. The monoisotopic (exact) mass is 283 g/mol. The van der Waals surface area contributed by atoms with E-state index in [2.05, 4.69) is 0 Å². The van der Waals surface area contributed by atoms with Crippen molar-refractivity contribution in [2.24, 2.45) is 0 Å². The Bertz CT molecular complexity index is 449. The Labute approximate surface area is 115 Å². The molecule has 6 heteroatoms. The van der Waals surface area contributed by atoms with Crippen LogP contribution in [0.2, 0.25) is 0 Å². The Morgan fingerprint density at radius 3 is 2.58 bits per heavy atom. The second-order valence-electron chi connectivity index (χ2n) is 4.50.